The molecule has 0 spiro atoms. The highest BCUT2D eigenvalue weighted by atomic mass is 19.4. The van der Waals surface area contributed by atoms with E-state index < -0.39 is 11.7 Å². The van der Waals surface area contributed by atoms with E-state index in [9.17, 15) is 18.0 Å². The number of amides is 1. The summed E-state index contributed by atoms with van der Waals surface area (Å²) >= 11 is 0. The minimum absolute atomic E-state index is 0.0249. The minimum atomic E-state index is -4.32. The van der Waals surface area contributed by atoms with Gasteiger partial charge in [0.1, 0.15) is 0 Å². The second-order valence-corrected chi connectivity index (χ2v) is 6.80. The Morgan fingerprint density at radius 1 is 1.21 bits per heavy atom. The van der Waals surface area contributed by atoms with Gasteiger partial charge in [0.05, 0.1) is 12.1 Å². The van der Waals surface area contributed by atoms with Gasteiger partial charge < -0.3 is 5.32 Å². The number of nitrogens with one attached hydrogen (secondary N) is 1. The zero-order valence-corrected chi connectivity index (χ0v) is 14.2. The lowest BCUT2D eigenvalue weighted by Crippen LogP contribution is -2.44. The molecule has 1 fully saturated rings. The van der Waals surface area contributed by atoms with E-state index in [0.29, 0.717) is 12.5 Å². The Bertz CT molecular complexity index is 542. The largest absolute Gasteiger partial charge is 0.416 e. The summed E-state index contributed by atoms with van der Waals surface area (Å²) in [7, 11) is 1.79. The molecule has 2 rings (SSSR count). The first kappa shape index (κ1) is 18.8. The van der Waals surface area contributed by atoms with Gasteiger partial charge >= 0.3 is 6.18 Å². The molecule has 1 saturated carbocycles. The second kappa shape index (κ2) is 8.01. The average molecular weight is 342 g/mol. The van der Waals surface area contributed by atoms with Crippen LogP contribution in [0.25, 0.3) is 0 Å². The first-order chi connectivity index (χ1) is 11.3. The van der Waals surface area contributed by atoms with Crippen molar-refractivity contribution < 1.29 is 18.0 Å². The maximum atomic E-state index is 12.5. The highest BCUT2D eigenvalue weighted by Crippen LogP contribution is 2.29. The molecule has 2 atom stereocenters. The third-order valence-electron chi connectivity index (χ3n) is 4.61. The Morgan fingerprint density at radius 3 is 2.42 bits per heavy atom. The van der Waals surface area contributed by atoms with Crippen LogP contribution in [-0.2, 0) is 17.5 Å². The summed E-state index contributed by atoms with van der Waals surface area (Å²) in [6, 6.07) is 5.31. The van der Waals surface area contributed by atoms with Crippen molar-refractivity contribution in [3.05, 3.63) is 35.4 Å². The molecular weight excluding hydrogens is 317 g/mol. The molecule has 1 N–H and O–H groups in total. The Balaban J connectivity index is 1.81. The van der Waals surface area contributed by atoms with E-state index in [0.717, 1.165) is 37.0 Å². The number of rotatable bonds is 5. The number of carbonyl (C=O) groups is 1. The number of halogens is 3. The molecule has 1 aromatic rings. The third-order valence-corrected chi connectivity index (χ3v) is 4.61. The Kier molecular flexibility index (Phi) is 6.27. The molecule has 0 unspecified atom stereocenters. The summed E-state index contributed by atoms with van der Waals surface area (Å²) in [6.07, 6.45) is 0.223. The van der Waals surface area contributed by atoms with Gasteiger partial charge in [-0.15, -0.1) is 0 Å². The van der Waals surface area contributed by atoms with Gasteiger partial charge in [-0.1, -0.05) is 31.9 Å². The Hall–Kier alpha value is -1.56. The average Bonchev–Trinajstić information content (AvgIpc) is 2.49. The van der Waals surface area contributed by atoms with Crippen LogP contribution in [0.5, 0.6) is 0 Å². The van der Waals surface area contributed by atoms with E-state index >= 15 is 0 Å². The quantitative estimate of drug-likeness (QED) is 0.882. The summed E-state index contributed by atoms with van der Waals surface area (Å²) in [6.45, 7) is 2.84. The molecule has 1 aliphatic carbocycles. The van der Waals surface area contributed by atoms with Crippen LogP contribution >= 0.6 is 0 Å². The van der Waals surface area contributed by atoms with Gasteiger partial charge in [-0.05, 0) is 43.5 Å². The number of nitrogens with zero attached hydrogens (tertiary/aromatic N) is 1. The van der Waals surface area contributed by atoms with Crippen molar-refractivity contribution in [3.63, 3.8) is 0 Å². The first-order valence-electron chi connectivity index (χ1n) is 8.40. The standard InChI is InChI=1S/C18H25F3N2O/c1-13-5-3-4-6-16(13)22-17(24)12-23(2)11-14-7-9-15(10-8-14)18(19,20)21/h7-10,13,16H,3-6,11-12H2,1-2H3,(H,22,24)/t13-,16-/m0/s1. The van der Waals surface area contributed by atoms with Crippen molar-refractivity contribution in [2.45, 2.75) is 51.4 Å². The fourth-order valence-corrected chi connectivity index (χ4v) is 3.19. The lowest BCUT2D eigenvalue weighted by Gasteiger charge is -2.30. The number of likely N-dealkylation sites (N-methyl/N-ethyl adjacent to an activating group) is 1. The topological polar surface area (TPSA) is 32.3 Å². The fourth-order valence-electron chi connectivity index (χ4n) is 3.19. The first-order valence-corrected chi connectivity index (χ1v) is 8.40. The van der Waals surface area contributed by atoms with Gasteiger partial charge in [-0.2, -0.15) is 13.2 Å². The van der Waals surface area contributed by atoms with E-state index in [1.165, 1.54) is 18.6 Å². The zero-order chi connectivity index (χ0) is 17.7. The van der Waals surface area contributed by atoms with Crippen LogP contribution in [0.1, 0.15) is 43.7 Å². The summed E-state index contributed by atoms with van der Waals surface area (Å²) in [5, 5.41) is 3.08. The van der Waals surface area contributed by atoms with Crippen molar-refractivity contribution in [3.8, 4) is 0 Å². The monoisotopic (exact) mass is 342 g/mol. The molecule has 1 aliphatic rings. The van der Waals surface area contributed by atoms with Crippen molar-refractivity contribution in [1.82, 2.24) is 10.2 Å². The smallest absolute Gasteiger partial charge is 0.352 e. The molecule has 6 heteroatoms. The van der Waals surface area contributed by atoms with Crippen molar-refractivity contribution in [1.29, 1.82) is 0 Å². The molecule has 0 aromatic heterocycles. The summed E-state index contributed by atoms with van der Waals surface area (Å²) in [5.74, 6) is 0.478. The Morgan fingerprint density at radius 2 is 1.83 bits per heavy atom. The highest BCUT2D eigenvalue weighted by Gasteiger charge is 2.30. The second-order valence-electron chi connectivity index (χ2n) is 6.80. The number of benzene rings is 1. The van der Waals surface area contributed by atoms with Crippen LogP contribution in [-0.4, -0.2) is 30.4 Å². The molecule has 0 radical (unpaired) electrons. The predicted molar refractivity (Wildman–Crippen MR) is 87.3 cm³/mol. The van der Waals surface area contributed by atoms with Crippen LogP contribution in [0, 0.1) is 5.92 Å². The Labute approximate surface area is 141 Å². The third kappa shape index (κ3) is 5.51. The normalized spacial score (nSPS) is 21.8. The van der Waals surface area contributed by atoms with Crippen LogP contribution in [0.3, 0.4) is 0 Å². The number of carbonyl (C=O) groups excluding carboxylic acids is 1. The lowest BCUT2D eigenvalue weighted by atomic mass is 9.86. The minimum Gasteiger partial charge on any atom is -0.352 e. The van der Waals surface area contributed by atoms with Crippen LogP contribution < -0.4 is 5.32 Å². The number of hydrogen-bond donors (Lipinski definition) is 1. The maximum absolute atomic E-state index is 12.5. The summed E-state index contributed by atoms with van der Waals surface area (Å²) in [4.78, 5) is 14.0. The van der Waals surface area contributed by atoms with Crippen molar-refractivity contribution >= 4 is 5.91 Å². The van der Waals surface area contributed by atoms with Crippen LogP contribution in [0.4, 0.5) is 13.2 Å². The molecule has 3 nitrogen and oxygen atoms in total. The van der Waals surface area contributed by atoms with Gasteiger partial charge in [0, 0.05) is 12.6 Å². The van der Waals surface area contributed by atoms with E-state index in [4.69, 9.17) is 0 Å². The van der Waals surface area contributed by atoms with Gasteiger partial charge in [0.2, 0.25) is 5.91 Å². The molecule has 134 valence electrons. The van der Waals surface area contributed by atoms with Gasteiger partial charge in [-0.25, -0.2) is 0 Å². The molecule has 1 amide bonds. The predicted octanol–water partition coefficient (Wildman–Crippen LogP) is 3.83. The SMILES string of the molecule is C[C@H]1CCCC[C@@H]1NC(=O)CN(C)Cc1ccc(C(F)(F)F)cc1. The zero-order valence-electron chi connectivity index (χ0n) is 14.2. The van der Waals surface area contributed by atoms with Crippen molar-refractivity contribution in [2.24, 2.45) is 5.92 Å². The molecule has 0 bridgehead atoms. The molecule has 0 saturated heterocycles. The highest BCUT2D eigenvalue weighted by molar-refractivity contribution is 5.78. The number of alkyl halides is 3. The summed E-state index contributed by atoms with van der Waals surface area (Å²) < 4.78 is 37.6. The molecule has 0 heterocycles. The van der Waals surface area contributed by atoms with E-state index in [-0.39, 0.29) is 18.5 Å². The van der Waals surface area contributed by atoms with Gasteiger partial charge in [-0.3, -0.25) is 9.69 Å². The summed E-state index contributed by atoms with van der Waals surface area (Å²) in [5.41, 5.74) is 0.0993. The van der Waals surface area contributed by atoms with E-state index in [1.54, 1.807) is 7.05 Å². The molecular formula is C18H25F3N2O. The van der Waals surface area contributed by atoms with E-state index in [1.807, 2.05) is 4.90 Å². The van der Waals surface area contributed by atoms with Crippen molar-refractivity contribution in [2.75, 3.05) is 13.6 Å². The molecule has 0 aliphatic heterocycles. The lowest BCUT2D eigenvalue weighted by molar-refractivity contribution is -0.137. The maximum Gasteiger partial charge on any atom is 0.416 e. The molecule has 1 aromatic carbocycles. The van der Waals surface area contributed by atoms with Gasteiger partial charge in [0.25, 0.3) is 0 Å². The van der Waals surface area contributed by atoms with Gasteiger partial charge in [0.15, 0.2) is 0 Å². The number of hydrogen-bond acceptors (Lipinski definition) is 2. The fraction of sp³-hybridized carbons (Fsp3) is 0.611. The van der Waals surface area contributed by atoms with Crippen LogP contribution in [0.2, 0.25) is 0 Å². The molecule has 24 heavy (non-hydrogen) atoms. The van der Waals surface area contributed by atoms with Crippen LogP contribution in [0.15, 0.2) is 24.3 Å². The van der Waals surface area contributed by atoms with E-state index in [2.05, 4.69) is 12.2 Å².